The number of rotatable bonds is 8. The van der Waals surface area contributed by atoms with Crippen LogP contribution in [0.1, 0.15) is 51.1 Å². The van der Waals surface area contributed by atoms with Crippen molar-refractivity contribution in [1.82, 2.24) is 9.97 Å². The van der Waals surface area contributed by atoms with E-state index in [4.69, 9.17) is 5.73 Å². The number of anilines is 2. The Balaban J connectivity index is 1.25. The van der Waals surface area contributed by atoms with Crippen molar-refractivity contribution >= 4 is 40.0 Å². The highest BCUT2D eigenvalue weighted by Crippen LogP contribution is 2.24. The van der Waals surface area contributed by atoms with Crippen molar-refractivity contribution in [3.8, 4) is 0 Å². The van der Waals surface area contributed by atoms with E-state index in [-0.39, 0.29) is 18.1 Å². The number of benzene rings is 3. The maximum atomic E-state index is 12.9. The molecule has 2 amide bonds. The molecule has 8 nitrogen and oxygen atoms in total. The smallest absolute Gasteiger partial charge is 0.250 e. The summed E-state index contributed by atoms with van der Waals surface area (Å²) in [5, 5.41) is 4.01. The van der Waals surface area contributed by atoms with E-state index < -0.39 is 5.91 Å². The normalized spacial score (nSPS) is 13.5. The number of carbonyl (C=O) groups is 3. The average molecular weight is 494 g/mol. The van der Waals surface area contributed by atoms with Crippen LogP contribution in [0, 0.1) is 0 Å². The van der Waals surface area contributed by atoms with E-state index in [2.05, 4.69) is 15.3 Å². The molecule has 0 radical (unpaired) electrons. The summed E-state index contributed by atoms with van der Waals surface area (Å²) in [7, 11) is 0. The van der Waals surface area contributed by atoms with Crippen LogP contribution in [-0.4, -0.2) is 34.1 Å². The van der Waals surface area contributed by atoms with Gasteiger partial charge in [-0.05, 0) is 60.4 Å². The molecule has 0 bridgehead atoms. The Morgan fingerprint density at radius 2 is 1.73 bits per heavy atom. The molecule has 1 saturated heterocycles. The minimum absolute atomic E-state index is 0.0161. The molecule has 0 saturated carbocycles. The summed E-state index contributed by atoms with van der Waals surface area (Å²) in [5.41, 5.74) is 9.68. The molecule has 3 N–H and O–H groups in total. The van der Waals surface area contributed by atoms with Crippen molar-refractivity contribution in [2.24, 2.45) is 5.73 Å². The van der Waals surface area contributed by atoms with Crippen molar-refractivity contribution in [2.45, 2.75) is 32.2 Å². The van der Waals surface area contributed by atoms with Gasteiger partial charge in [0.15, 0.2) is 5.78 Å². The molecule has 0 aliphatic carbocycles. The maximum Gasteiger partial charge on any atom is 0.250 e. The van der Waals surface area contributed by atoms with Gasteiger partial charge in [-0.25, -0.2) is 9.97 Å². The van der Waals surface area contributed by atoms with E-state index >= 15 is 0 Å². The van der Waals surface area contributed by atoms with Gasteiger partial charge in [-0.15, -0.1) is 0 Å². The van der Waals surface area contributed by atoms with Crippen molar-refractivity contribution in [1.29, 1.82) is 0 Å². The molecule has 0 unspecified atom stereocenters. The minimum atomic E-state index is -0.540. The van der Waals surface area contributed by atoms with Crippen LogP contribution in [0.3, 0.4) is 0 Å². The number of aromatic nitrogens is 2. The van der Waals surface area contributed by atoms with Crippen LogP contribution in [0.15, 0.2) is 73.1 Å². The van der Waals surface area contributed by atoms with Crippen molar-refractivity contribution in [3.63, 3.8) is 0 Å². The van der Waals surface area contributed by atoms with Gasteiger partial charge in [0.2, 0.25) is 5.91 Å². The number of hydrogen-bond donors (Lipinski definition) is 2. The molecule has 1 fully saturated rings. The second-order valence-electron chi connectivity index (χ2n) is 9.11. The number of nitrogens with zero attached hydrogens (tertiary/aromatic N) is 3. The average Bonchev–Trinajstić information content (AvgIpc) is 2.92. The lowest BCUT2D eigenvalue weighted by molar-refractivity contribution is -0.119. The van der Waals surface area contributed by atoms with Gasteiger partial charge in [-0.2, -0.15) is 0 Å². The SMILES string of the molecule is NC(=O)c1cccc2c(NCc3cccc(CC(=O)c4ccc(N5CCCCC5=O)cc4)c3)ncnc12. The largest absolute Gasteiger partial charge is 0.366 e. The number of primary amides is 1. The van der Waals surface area contributed by atoms with Crippen LogP contribution >= 0.6 is 0 Å². The number of fused-ring (bicyclic) bond motifs is 1. The fraction of sp³-hybridized carbons (Fsp3) is 0.207. The Labute approximate surface area is 214 Å². The molecular formula is C29H27N5O3. The minimum Gasteiger partial charge on any atom is -0.366 e. The Hall–Kier alpha value is -4.59. The first-order chi connectivity index (χ1) is 18.0. The monoisotopic (exact) mass is 493 g/mol. The topological polar surface area (TPSA) is 118 Å². The molecule has 1 aromatic heterocycles. The zero-order valence-corrected chi connectivity index (χ0v) is 20.3. The number of ketones is 1. The Bertz CT molecular complexity index is 1480. The second kappa shape index (κ2) is 10.6. The Kier molecular flexibility index (Phi) is 6.89. The molecule has 2 heterocycles. The first-order valence-electron chi connectivity index (χ1n) is 12.3. The highest BCUT2D eigenvalue weighted by Gasteiger charge is 2.20. The summed E-state index contributed by atoms with van der Waals surface area (Å²) >= 11 is 0. The summed E-state index contributed by atoms with van der Waals surface area (Å²) in [5.74, 6) is 0.213. The van der Waals surface area contributed by atoms with E-state index in [0.29, 0.717) is 40.8 Å². The van der Waals surface area contributed by atoms with Gasteiger partial charge in [0.25, 0.3) is 5.91 Å². The molecule has 37 heavy (non-hydrogen) atoms. The molecular weight excluding hydrogens is 466 g/mol. The number of nitrogens with one attached hydrogen (secondary N) is 1. The van der Waals surface area contributed by atoms with Gasteiger partial charge < -0.3 is 16.0 Å². The summed E-state index contributed by atoms with van der Waals surface area (Å²) in [6, 6.07) is 20.4. The number of carbonyl (C=O) groups excluding carboxylic acids is 3. The number of para-hydroxylation sites is 1. The van der Waals surface area contributed by atoms with Gasteiger partial charge in [0, 0.05) is 42.6 Å². The van der Waals surface area contributed by atoms with Crippen molar-refractivity contribution in [2.75, 3.05) is 16.8 Å². The van der Waals surface area contributed by atoms with Gasteiger partial charge >= 0.3 is 0 Å². The lowest BCUT2D eigenvalue weighted by Crippen LogP contribution is -2.35. The fourth-order valence-electron chi connectivity index (χ4n) is 4.66. The maximum absolute atomic E-state index is 12.9. The summed E-state index contributed by atoms with van der Waals surface area (Å²) in [6.45, 7) is 1.21. The third-order valence-corrected chi connectivity index (χ3v) is 6.57. The zero-order chi connectivity index (χ0) is 25.8. The predicted molar refractivity (Wildman–Crippen MR) is 143 cm³/mol. The van der Waals surface area contributed by atoms with Crippen LogP contribution in [0.25, 0.3) is 10.9 Å². The van der Waals surface area contributed by atoms with Crippen LogP contribution in [0.4, 0.5) is 11.5 Å². The van der Waals surface area contributed by atoms with E-state index in [1.54, 1.807) is 29.2 Å². The van der Waals surface area contributed by atoms with E-state index in [9.17, 15) is 14.4 Å². The van der Waals surface area contributed by atoms with Gasteiger partial charge in [-0.3, -0.25) is 14.4 Å². The van der Waals surface area contributed by atoms with Crippen molar-refractivity contribution < 1.29 is 14.4 Å². The highest BCUT2D eigenvalue weighted by atomic mass is 16.2. The second-order valence-corrected chi connectivity index (χ2v) is 9.11. The molecule has 186 valence electrons. The number of piperidine rings is 1. The predicted octanol–water partition coefficient (Wildman–Crippen LogP) is 4.28. The van der Waals surface area contributed by atoms with E-state index in [0.717, 1.165) is 36.2 Å². The summed E-state index contributed by atoms with van der Waals surface area (Å²) in [4.78, 5) is 47.2. The number of Topliss-reactive ketones (excluding diaryl/α,β-unsaturated/α-hetero) is 1. The number of hydrogen-bond acceptors (Lipinski definition) is 6. The zero-order valence-electron chi connectivity index (χ0n) is 20.3. The van der Waals surface area contributed by atoms with Gasteiger partial charge in [0.1, 0.15) is 12.1 Å². The van der Waals surface area contributed by atoms with E-state index in [1.165, 1.54) is 6.33 Å². The molecule has 0 atom stereocenters. The summed E-state index contributed by atoms with van der Waals surface area (Å²) < 4.78 is 0. The summed E-state index contributed by atoms with van der Waals surface area (Å²) in [6.07, 6.45) is 4.19. The third kappa shape index (κ3) is 5.33. The van der Waals surface area contributed by atoms with Crippen molar-refractivity contribution in [3.05, 3.63) is 95.3 Å². The Morgan fingerprint density at radius 1 is 0.946 bits per heavy atom. The Morgan fingerprint density at radius 3 is 2.51 bits per heavy atom. The first kappa shape index (κ1) is 24.1. The van der Waals surface area contributed by atoms with Crippen LogP contribution in [-0.2, 0) is 17.8 Å². The van der Waals surface area contributed by atoms with Crippen LogP contribution in [0.5, 0.6) is 0 Å². The van der Waals surface area contributed by atoms with E-state index in [1.807, 2.05) is 42.5 Å². The molecule has 1 aliphatic heterocycles. The number of amides is 2. The lowest BCUT2D eigenvalue weighted by atomic mass is 10.0. The standard InChI is InChI=1S/C29H27N5O3/c30-28(37)23-7-4-8-24-27(23)32-18-33-29(24)31-17-20-6-3-5-19(15-20)16-25(35)21-10-12-22(13-11-21)34-14-2-1-9-26(34)36/h3-8,10-13,15,18H,1-2,9,14,16-17H2,(H2,30,37)(H,31,32,33). The molecule has 1 aliphatic rings. The van der Waals surface area contributed by atoms with Crippen LogP contribution in [0.2, 0.25) is 0 Å². The van der Waals surface area contributed by atoms with Crippen LogP contribution < -0.4 is 16.0 Å². The molecule has 3 aromatic carbocycles. The molecule has 0 spiro atoms. The lowest BCUT2D eigenvalue weighted by Gasteiger charge is -2.26. The fourth-order valence-corrected chi connectivity index (χ4v) is 4.66. The highest BCUT2D eigenvalue weighted by molar-refractivity contribution is 6.06. The van der Waals surface area contributed by atoms with Gasteiger partial charge in [-0.1, -0.05) is 30.3 Å². The quantitative estimate of drug-likeness (QED) is 0.354. The molecule has 4 aromatic rings. The molecule has 8 heteroatoms. The third-order valence-electron chi connectivity index (χ3n) is 6.57. The van der Waals surface area contributed by atoms with Gasteiger partial charge in [0.05, 0.1) is 11.1 Å². The first-order valence-corrected chi connectivity index (χ1v) is 12.3. The molecule has 5 rings (SSSR count). The number of nitrogens with two attached hydrogens (primary N) is 1.